The normalized spacial score (nSPS) is 11.4. The molecule has 0 aliphatic rings. The maximum Gasteiger partial charge on any atom is 0.0351 e. The van der Waals surface area contributed by atoms with E-state index in [1.54, 1.807) is 5.54 Å². The summed E-state index contributed by atoms with van der Waals surface area (Å²) in [6, 6.07) is 10.3. The van der Waals surface area contributed by atoms with E-state index in [1.807, 2.05) is 24.3 Å². The smallest absolute Gasteiger partial charge is 0.0351 e. The van der Waals surface area contributed by atoms with Gasteiger partial charge in [-0.3, -0.25) is 4.90 Å². The Bertz CT molecular complexity index is 285. The van der Waals surface area contributed by atoms with Gasteiger partial charge in [0.1, 0.15) is 0 Å². The van der Waals surface area contributed by atoms with Crippen LogP contribution in [0.3, 0.4) is 0 Å². The second-order valence-corrected chi connectivity index (χ2v) is 3.90. The first-order valence-corrected chi connectivity index (χ1v) is 5.91. The van der Waals surface area contributed by atoms with E-state index < -0.39 is 0 Å². The standard InChI is InChI=1S/C12H15Cl2N/c13-7-4-9-15(10-8-14)11-12-5-2-1-3-6-12/h1-7H,8-11H2/b7-4+. The molecular formula is C12H15Cl2N. The lowest BCUT2D eigenvalue weighted by atomic mass is 10.2. The molecule has 82 valence electrons. The maximum atomic E-state index is 5.74. The molecule has 3 heteroatoms. The zero-order valence-electron chi connectivity index (χ0n) is 8.57. The Morgan fingerprint density at radius 1 is 1.20 bits per heavy atom. The Morgan fingerprint density at radius 2 is 1.93 bits per heavy atom. The highest BCUT2D eigenvalue weighted by Crippen LogP contribution is 2.04. The second-order valence-electron chi connectivity index (χ2n) is 3.27. The zero-order chi connectivity index (χ0) is 10.9. The highest BCUT2D eigenvalue weighted by Gasteiger charge is 2.02. The molecule has 0 aliphatic heterocycles. The quantitative estimate of drug-likeness (QED) is 0.692. The predicted octanol–water partition coefficient (Wildman–Crippen LogP) is 3.48. The van der Waals surface area contributed by atoms with E-state index in [4.69, 9.17) is 23.2 Å². The van der Waals surface area contributed by atoms with E-state index in [1.165, 1.54) is 5.56 Å². The van der Waals surface area contributed by atoms with E-state index in [0.29, 0.717) is 5.88 Å². The third-order valence-corrected chi connectivity index (χ3v) is 2.45. The molecule has 0 saturated heterocycles. The van der Waals surface area contributed by atoms with Crippen molar-refractivity contribution >= 4 is 23.2 Å². The number of hydrogen-bond acceptors (Lipinski definition) is 1. The number of nitrogens with zero attached hydrogens (tertiary/aromatic N) is 1. The lowest BCUT2D eigenvalue weighted by Gasteiger charge is -2.19. The third kappa shape index (κ3) is 5.22. The van der Waals surface area contributed by atoms with Crippen LogP contribution < -0.4 is 0 Å². The molecule has 0 N–H and O–H groups in total. The van der Waals surface area contributed by atoms with Gasteiger partial charge >= 0.3 is 0 Å². The van der Waals surface area contributed by atoms with Gasteiger partial charge in [0.25, 0.3) is 0 Å². The molecule has 0 atom stereocenters. The van der Waals surface area contributed by atoms with Crippen LogP contribution in [0.25, 0.3) is 0 Å². The maximum absolute atomic E-state index is 5.74. The van der Waals surface area contributed by atoms with E-state index in [2.05, 4.69) is 17.0 Å². The van der Waals surface area contributed by atoms with Crippen molar-refractivity contribution in [3.05, 3.63) is 47.5 Å². The Hall–Kier alpha value is -0.500. The van der Waals surface area contributed by atoms with Gasteiger partial charge in [-0.15, -0.1) is 11.6 Å². The van der Waals surface area contributed by atoms with Crippen molar-refractivity contribution in [3.8, 4) is 0 Å². The largest absolute Gasteiger partial charge is 0.294 e. The van der Waals surface area contributed by atoms with Crippen LogP contribution in [-0.4, -0.2) is 23.9 Å². The molecule has 0 heterocycles. The van der Waals surface area contributed by atoms with Crippen molar-refractivity contribution in [1.29, 1.82) is 0 Å². The third-order valence-electron chi connectivity index (χ3n) is 2.10. The van der Waals surface area contributed by atoms with Crippen LogP contribution >= 0.6 is 23.2 Å². The average molecular weight is 244 g/mol. The van der Waals surface area contributed by atoms with Crippen molar-refractivity contribution in [3.63, 3.8) is 0 Å². The number of benzene rings is 1. The van der Waals surface area contributed by atoms with Crippen LogP contribution in [0.4, 0.5) is 0 Å². The van der Waals surface area contributed by atoms with Gasteiger partial charge in [0.15, 0.2) is 0 Å². The Kier molecular flexibility index (Phi) is 6.49. The molecule has 0 fully saturated rings. The van der Waals surface area contributed by atoms with E-state index in [-0.39, 0.29) is 0 Å². The minimum atomic E-state index is 0.642. The van der Waals surface area contributed by atoms with Crippen molar-refractivity contribution in [2.75, 3.05) is 19.0 Å². The molecule has 0 amide bonds. The molecule has 0 aliphatic carbocycles. The molecule has 0 aromatic heterocycles. The van der Waals surface area contributed by atoms with E-state index >= 15 is 0 Å². The van der Waals surface area contributed by atoms with Gasteiger partial charge in [0.05, 0.1) is 0 Å². The molecule has 1 rings (SSSR count). The fourth-order valence-electron chi connectivity index (χ4n) is 1.38. The van der Waals surface area contributed by atoms with Gasteiger partial charge in [0.2, 0.25) is 0 Å². The highest BCUT2D eigenvalue weighted by atomic mass is 35.5. The first-order chi connectivity index (χ1) is 7.36. The molecule has 0 saturated carbocycles. The van der Waals surface area contributed by atoms with Crippen molar-refractivity contribution in [2.24, 2.45) is 0 Å². The number of rotatable bonds is 6. The summed E-state index contributed by atoms with van der Waals surface area (Å²) < 4.78 is 0. The van der Waals surface area contributed by atoms with Crippen LogP contribution in [0.5, 0.6) is 0 Å². The second kappa shape index (κ2) is 7.75. The monoisotopic (exact) mass is 243 g/mol. The summed E-state index contributed by atoms with van der Waals surface area (Å²) in [5.74, 6) is 0.642. The van der Waals surface area contributed by atoms with Crippen molar-refractivity contribution in [1.82, 2.24) is 4.90 Å². The van der Waals surface area contributed by atoms with Gasteiger partial charge in [-0.1, -0.05) is 48.0 Å². The van der Waals surface area contributed by atoms with Gasteiger partial charge < -0.3 is 0 Å². The van der Waals surface area contributed by atoms with Crippen molar-refractivity contribution in [2.45, 2.75) is 6.54 Å². The Balaban J connectivity index is 2.50. The lowest BCUT2D eigenvalue weighted by molar-refractivity contribution is 0.313. The zero-order valence-corrected chi connectivity index (χ0v) is 10.1. The summed E-state index contributed by atoms with van der Waals surface area (Å²) in [7, 11) is 0. The summed E-state index contributed by atoms with van der Waals surface area (Å²) in [6.07, 6.45) is 1.93. The van der Waals surface area contributed by atoms with Gasteiger partial charge in [-0.25, -0.2) is 0 Å². The fraction of sp³-hybridized carbons (Fsp3) is 0.333. The highest BCUT2D eigenvalue weighted by molar-refractivity contribution is 6.25. The van der Waals surface area contributed by atoms with Gasteiger partial charge in [0, 0.05) is 31.0 Å². The summed E-state index contributed by atoms with van der Waals surface area (Å²) in [5, 5.41) is 0. The summed E-state index contributed by atoms with van der Waals surface area (Å²) in [5.41, 5.74) is 2.84. The summed E-state index contributed by atoms with van der Waals surface area (Å²) in [6.45, 7) is 2.62. The summed E-state index contributed by atoms with van der Waals surface area (Å²) >= 11 is 11.3. The van der Waals surface area contributed by atoms with Crippen molar-refractivity contribution < 1.29 is 0 Å². The molecule has 15 heavy (non-hydrogen) atoms. The van der Waals surface area contributed by atoms with Crippen LogP contribution in [0.1, 0.15) is 5.56 Å². The molecule has 1 aromatic carbocycles. The molecule has 0 bridgehead atoms. The van der Waals surface area contributed by atoms with Crippen LogP contribution in [0.15, 0.2) is 41.9 Å². The van der Waals surface area contributed by atoms with Gasteiger partial charge in [-0.05, 0) is 5.56 Å². The number of hydrogen-bond donors (Lipinski definition) is 0. The molecular weight excluding hydrogens is 229 g/mol. The molecule has 1 nitrogen and oxygen atoms in total. The molecule has 1 aromatic rings. The first kappa shape index (κ1) is 12.6. The number of halogens is 2. The minimum Gasteiger partial charge on any atom is -0.294 e. The van der Waals surface area contributed by atoms with Crippen LogP contribution in [0, 0.1) is 0 Å². The molecule has 0 radical (unpaired) electrons. The lowest BCUT2D eigenvalue weighted by Crippen LogP contribution is -2.25. The fourth-order valence-corrected chi connectivity index (χ4v) is 1.70. The topological polar surface area (TPSA) is 3.24 Å². The van der Waals surface area contributed by atoms with E-state index in [9.17, 15) is 0 Å². The Labute approximate surface area is 101 Å². The first-order valence-electron chi connectivity index (χ1n) is 4.94. The molecule has 0 spiro atoms. The van der Waals surface area contributed by atoms with Gasteiger partial charge in [-0.2, -0.15) is 0 Å². The van der Waals surface area contributed by atoms with Crippen LogP contribution in [0.2, 0.25) is 0 Å². The SMILES string of the molecule is Cl/C=C/CN(CCCl)Cc1ccccc1. The summed E-state index contributed by atoms with van der Waals surface area (Å²) in [4.78, 5) is 2.25. The van der Waals surface area contributed by atoms with Crippen LogP contribution in [-0.2, 0) is 6.54 Å². The minimum absolute atomic E-state index is 0.642. The Morgan fingerprint density at radius 3 is 2.53 bits per heavy atom. The predicted molar refractivity (Wildman–Crippen MR) is 67.4 cm³/mol. The molecule has 0 unspecified atom stereocenters. The van der Waals surface area contributed by atoms with E-state index in [0.717, 1.165) is 19.6 Å². The average Bonchev–Trinajstić information content (AvgIpc) is 2.28. The number of alkyl halides is 1.